The average Bonchev–Trinajstić information content (AvgIpc) is 2.63. The fraction of sp³-hybridized carbons (Fsp3) is 0.812. The van der Waals surface area contributed by atoms with E-state index >= 15 is 0 Å². The first-order valence-electron chi connectivity index (χ1n) is 8.90. The van der Waals surface area contributed by atoms with Crippen LogP contribution in [0, 0.1) is 5.92 Å². The summed E-state index contributed by atoms with van der Waals surface area (Å²) in [6.07, 6.45) is 2.35. The van der Waals surface area contributed by atoms with E-state index in [4.69, 9.17) is 15.6 Å². The van der Waals surface area contributed by atoms with Crippen LogP contribution in [0.1, 0.15) is 32.1 Å². The molecular formula is C16H28FN3O5S. The van der Waals surface area contributed by atoms with Crippen LogP contribution < -0.4 is 11.1 Å². The maximum Gasteiger partial charge on any atom is 0.303 e. The van der Waals surface area contributed by atoms with E-state index in [1.165, 1.54) is 4.31 Å². The molecule has 4 N–H and O–H groups in total. The molecule has 0 bridgehead atoms. The van der Waals surface area contributed by atoms with E-state index in [0.717, 1.165) is 0 Å². The third kappa shape index (κ3) is 5.71. The Morgan fingerprint density at radius 3 is 2.50 bits per heavy atom. The van der Waals surface area contributed by atoms with Gasteiger partial charge >= 0.3 is 5.97 Å². The molecule has 0 aromatic heterocycles. The molecule has 0 aromatic rings. The van der Waals surface area contributed by atoms with Crippen LogP contribution in [0.4, 0.5) is 4.39 Å². The van der Waals surface area contributed by atoms with Crippen LogP contribution in [0.5, 0.6) is 0 Å². The molecule has 2 fully saturated rings. The fourth-order valence-corrected chi connectivity index (χ4v) is 5.25. The first kappa shape index (κ1) is 21.2. The lowest BCUT2D eigenvalue weighted by atomic mass is 9.95. The lowest BCUT2D eigenvalue weighted by Gasteiger charge is -2.36. The average molecular weight is 393 g/mol. The van der Waals surface area contributed by atoms with Crippen LogP contribution >= 0.6 is 0 Å². The summed E-state index contributed by atoms with van der Waals surface area (Å²) in [5.74, 6) is -0.796. The Morgan fingerprint density at radius 1 is 1.31 bits per heavy atom. The molecule has 0 spiro atoms. The van der Waals surface area contributed by atoms with Gasteiger partial charge in [0.25, 0.3) is 0 Å². The summed E-state index contributed by atoms with van der Waals surface area (Å²) in [5, 5.41) is 11.4. The number of ether oxygens (including phenoxy) is 1. The van der Waals surface area contributed by atoms with Crippen molar-refractivity contribution in [1.29, 1.82) is 0 Å². The third-order valence-electron chi connectivity index (χ3n) is 5.03. The maximum atomic E-state index is 12.8. The first-order chi connectivity index (χ1) is 12.4. The molecule has 2 atom stereocenters. The number of rotatable bonds is 8. The van der Waals surface area contributed by atoms with E-state index in [1.807, 2.05) is 0 Å². The van der Waals surface area contributed by atoms with E-state index in [9.17, 15) is 17.6 Å². The molecular weight excluding hydrogens is 365 g/mol. The predicted molar refractivity (Wildman–Crippen MR) is 94.5 cm³/mol. The largest absolute Gasteiger partial charge is 0.481 e. The lowest BCUT2D eigenvalue weighted by molar-refractivity contribution is -0.138. The van der Waals surface area contributed by atoms with Crippen LogP contribution in [-0.2, 0) is 19.6 Å². The summed E-state index contributed by atoms with van der Waals surface area (Å²) in [4.78, 5) is 10.8. The van der Waals surface area contributed by atoms with Gasteiger partial charge in [-0.2, -0.15) is 0 Å². The molecule has 10 heteroatoms. The van der Waals surface area contributed by atoms with Crippen LogP contribution in [0.2, 0.25) is 0 Å². The normalized spacial score (nSPS) is 26.8. The Balaban J connectivity index is 1.80. The van der Waals surface area contributed by atoms with Crippen molar-refractivity contribution in [1.82, 2.24) is 9.62 Å². The molecule has 2 saturated heterocycles. The van der Waals surface area contributed by atoms with Gasteiger partial charge in [-0.1, -0.05) is 0 Å². The Hall–Kier alpha value is -1.07. The second-order valence-electron chi connectivity index (χ2n) is 6.86. The highest BCUT2D eigenvalue weighted by atomic mass is 32.2. The molecule has 2 aliphatic heterocycles. The molecule has 2 heterocycles. The Bertz CT molecular complexity index is 597. The van der Waals surface area contributed by atoms with Crippen molar-refractivity contribution in [2.24, 2.45) is 11.7 Å². The molecule has 0 saturated carbocycles. The lowest BCUT2D eigenvalue weighted by Crippen LogP contribution is -2.51. The summed E-state index contributed by atoms with van der Waals surface area (Å²) >= 11 is 0. The predicted octanol–water partition coefficient (Wildman–Crippen LogP) is 0.410. The number of carboxylic acid groups (broad SMARTS) is 1. The molecule has 26 heavy (non-hydrogen) atoms. The number of hydrogen-bond donors (Lipinski definition) is 3. The minimum Gasteiger partial charge on any atom is -0.481 e. The van der Waals surface area contributed by atoms with Gasteiger partial charge in [0.05, 0.1) is 18.2 Å². The number of piperidine rings is 2. The van der Waals surface area contributed by atoms with E-state index in [-0.39, 0.29) is 38.3 Å². The molecule has 8 nitrogen and oxygen atoms in total. The van der Waals surface area contributed by atoms with Crippen molar-refractivity contribution in [3.63, 3.8) is 0 Å². The van der Waals surface area contributed by atoms with Crippen molar-refractivity contribution in [3.05, 3.63) is 11.9 Å². The van der Waals surface area contributed by atoms with Crippen LogP contribution in [0.3, 0.4) is 0 Å². The van der Waals surface area contributed by atoms with Crippen molar-refractivity contribution in [3.8, 4) is 0 Å². The minimum atomic E-state index is -3.42. The first-order valence-corrected chi connectivity index (χ1v) is 10.4. The maximum absolute atomic E-state index is 12.8. The Morgan fingerprint density at radius 2 is 2.00 bits per heavy atom. The highest BCUT2D eigenvalue weighted by Crippen LogP contribution is 2.26. The molecule has 150 valence electrons. The fourth-order valence-electron chi connectivity index (χ4n) is 3.37. The number of halogens is 1. The monoisotopic (exact) mass is 393 g/mol. The zero-order valence-electron chi connectivity index (χ0n) is 14.8. The van der Waals surface area contributed by atoms with E-state index in [0.29, 0.717) is 50.7 Å². The molecule has 0 aliphatic carbocycles. The number of hydrogen-bond acceptors (Lipinski definition) is 6. The van der Waals surface area contributed by atoms with Crippen molar-refractivity contribution < 1.29 is 27.4 Å². The molecule has 0 radical (unpaired) electrons. The minimum absolute atomic E-state index is 0.0431. The van der Waals surface area contributed by atoms with Gasteiger partial charge in [0, 0.05) is 32.6 Å². The quantitative estimate of drug-likeness (QED) is 0.546. The number of nitrogens with two attached hydrogens (primary N) is 1. The van der Waals surface area contributed by atoms with Gasteiger partial charge in [-0.05, 0) is 37.2 Å². The van der Waals surface area contributed by atoms with E-state index in [2.05, 4.69) is 5.32 Å². The topological polar surface area (TPSA) is 122 Å². The van der Waals surface area contributed by atoms with Crippen molar-refractivity contribution in [2.45, 2.75) is 43.6 Å². The second kappa shape index (κ2) is 9.75. The van der Waals surface area contributed by atoms with Gasteiger partial charge in [0.15, 0.2) is 0 Å². The number of nitrogens with one attached hydrogen (secondary N) is 1. The van der Waals surface area contributed by atoms with Gasteiger partial charge in [-0.3, -0.25) is 10.1 Å². The second-order valence-corrected chi connectivity index (χ2v) is 9.08. The number of nitrogens with zero attached hydrogens (tertiary/aromatic N) is 1. The molecule has 0 amide bonds. The highest BCUT2D eigenvalue weighted by molar-refractivity contribution is 7.89. The molecule has 2 unspecified atom stereocenters. The van der Waals surface area contributed by atoms with E-state index in [1.54, 1.807) is 0 Å². The number of carbonyl (C=O) groups is 1. The van der Waals surface area contributed by atoms with Crippen LogP contribution in [0.15, 0.2) is 11.9 Å². The number of aliphatic carboxylic acids is 1. The molecule has 2 aliphatic rings. The molecule has 0 aromatic carbocycles. The van der Waals surface area contributed by atoms with Gasteiger partial charge < -0.3 is 15.6 Å². The van der Waals surface area contributed by atoms with Crippen molar-refractivity contribution in [2.75, 3.05) is 32.8 Å². The van der Waals surface area contributed by atoms with Crippen molar-refractivity contribution >= 4 is 16.0 Å². The third-order valence-corrected chi connectivity index (χ3v) is 7.36. The molecule has 2 rings (SSSR count). The number of carboxylic acids is 1. The van der Waals surface area contributed by atoms with Gasteiger partial charge in [-0.15, -0.1) is 0 Å². The summed E-state index contributed by atoms with van der Waals surface area (Å²) in [6, 6.07) is 0. The van der Waals surface area contributed by atoms with Crippen LogP contribution in [-0.4, -0.2) is 68.1 Å². The number of sulfonamides is 1. The zero-order chi connectivity index (χ0) is 19.2. The van der Waals surface area contributed by atoms with Crippen LogP contribution in [0.25, 0.3) is 0 Å². The Kier molecular flexibility index (Phi) is 7.96. The standard InChI is InChI=1S/C16H28FN3O5S/c17-8-13(9-18)11-25-15-2-1-14(10-19-15)26(23,24)20-5-3-12(4-6-20)7-16(21)22/h8,12,14-15,19H,1-7,9-11,18H2,(H,21,22)/b13-8-. The van der Waals surface area contributed by atoms with Gasteiger partial charge in [-0.25, -0.2) is 17.1 Å². The summed E-state index contributed by atoms with van der Waals surface area (Å²) in [6.45, 7) is 1.19. The zero-order valence-corrected chi connectivity index (χ0v) is 15.6. The summed E-state index contributed by atoms with van der Waals surface area (Å²) < 4.78 is 45.1. The van der Waals surface area contributed by atoms with E-state index < -0.39 is 21.2 Å². The summed E-state index contributed by atoms with van der Waals surface area (Å²) in [7, 11) is -3.42. The highest BCUT2D eigenvalue weighted by Gasteiger charge is 2.37. The smallest absolute Gasteiger partial charge is 0.303 e. The summed E-state index contributed by atoms with van der Waals surface area (Å²) in [5.41, 5.74) is 5.72. The van der Waals surface area contributed by atoms with Gasteiger partial charge in [0.2, 0.25) is 10.0 Å². The Labute approximate surface area is 153 Å². The SMILES string of the molecule is NC/C(=C/F)COC1CCC(S(=O)(=O)N2CCC(CC(=O)O)CC2)CN1. The van der Waals surface area contributed by atoms with Gasteiger partial charge in [0.1, 0.15) is 6.23 Å².